The molecule has 0 bridgehead atoms. The number of carbonyl (C=O) groups excluding carboxylic acids is 2. The van der Waals surface area contributed by atoms with Crippen LogP contribution in [0.3, 0.4) is 0 Å². The molecule has 1 fully saturated rings. The van der Waals surface area contributed by atoms with Gasteiger partial charge in [0.15, 0.2) is 5.78 Å². The van der Waals surface area contributed by atoms with Crippen molar-refractivity contribution in [2.45, 2.75) is 71.8 Å². The molecular weight excluding hydrogens is 242 g/mol. The normalized spacial score (nSPS) is 15.9. The second-order valence-electron chi connectivity index (χ2n) is 5.94. The summed E-state index contributed by atoms with van der Waals surface area (Å²) in [5.41, 5.74) is 0.988. The fourth-order valence-corrected chi connectivity index (χ4v) is 2.17. The SMILES string of the molecule is CCC(=O)C(NC(=O)OC(C)(C)C)=C1CCCCC1. The van der Waals surface area contributed by atoms with E-state index in [0.29, 0.717) is 12.1 Å². The molecule has 0 atom stereocenters. The molecule has 0 spiro atoms. The monoisotopic (exact) mass is 267 g/mol. The lowest BCUT2D eigenvalue weighted by molar-refractivity contribution is -0.115. The second kappa shape index (κ2) is 6.73. The Balaban J connectivity index is 2.81. The average Bonchev–Trinajstić information content (AvgIpc) is 2.34. The molecule has 1 saturated carbocycles. The minimum atomic E-state index is -0.554. The van der Waals surface area contributed by atoms with E-state index >= 15 is 0 Å². The number of ether oxygens (including phenoxy) is 1. The number of ketones is 1. The number of Topliss-reactive ketones (excluding diaryl/α,β-unsaturated/α-hetero) is 1. The lowest BCUT2D eigenvalue weighted by Gasteiger charge is -2.22. The summed E-state index contributed by atoms with van der Waals surface area (Å²) in [7, 11) is 0. The minimum absolute atomic E-state index is 0.0113. The first-order valence-electron chi connectivity index (χ1n) is 7.08. The third-order valence-corrected chi connectivity index (χ3v) is 3.04. The van der Waals surface area contributed by atoms with Crippen molar-refractivity contribution >= 4 is 11.9 Å². The van der Waals surface area contributed by atoms with Crippen molar-refractivity contribution in [2.75, 3.05) is 0 Å². The van der Waals surface area contributed by atoms with E-state index in [4.69, 9.17) is 4.74 Å². The van der Waals surface area contributed by atoms with Crippen molar-refractivity contribution in [3.05, 3.63) is 11.3 Å². The van der Waals surface area contributed by atoms with Gasteiger partial charge in [-0.1, -0.05) is 13.3 Å². The molecule has 0 radical (unpaired) electrons. The molecule has 0 aromatic carbocycles. The molecule has 0 saturated heterocycles. The third-order valence-electron chi connectivity index (χ3n) is 3.04. The zero-order chi connectivity index (χ0) is 14.5. The van der Waals surface area contributed by atoms with Crippen molar-refractivity contribution in [1.29, 1.82) is 0 Å². The Bertz CT molecular complexity index is 369. The summed E-state index contributed by atoms with van der Waals surface area (Å²) in [4.78, 5) is 23.8. The molecule has 1 aliphatic carbocycles. The summed E-state index contributed by atoms with van der Waals surface area (Å²) >= 11 is 0. The average molecular weight is 267 g/mol. The summed E-state index contributed by atoms with van der Waals surface area (Å²) in [6.45, 7) is 7.23. The number of rotatable bonds is 3. The molecule has 0 heterocycles. The maximum absolute atomic E-state index is 12.0. The predicted molar refractivity (Wildman–Crippen MR) is 74.8 cm³/mol. The summed E-state index contributed by atoms with van der Waals surface area (Å²) in [5, 5.41) is 2.66. The maximum atomic E-state index is 12.0. The minimum Gasteiger partial charge on any atom is -0.444 e. The summed E-state index contributed by atoms with van der Waals surface area (Å²) in [6.07, 6.45) is 5.03. The van der Waals surface area contributed by atoms with Gasteiger partial charge in [-0.05, 0) is 52.0 Å². The fourth-order valence-electron chi connectivity index (χ4n) is 2.17. The van der Waals surface area contributed by atoms with Crippen LogP contribution < -0.4 is 5.32 Å². The molecular formula is C15H25NO3. The van der Waals surface area contributed by atoms with Gasteiger partial charge in [0, 0.05) is 6.42 Å². The zero-order valence-corrected chi connectivity index (χ0v) is 12.5. The van der Waals surface area contributed by atoms with Crippen LogP contribution in [0, 0.1) is 0 Å². The van der Waals surface area contributed by atoms with Gasteiger partial charge < -0.3 is 4.74 Å². The molecule has 4 nitrogen and oxygen atoms in total. The van der Waals surface area contributed by atoms with Crippen molar-refractivity contribution in [2.24, 2.45) is 0 Å². The first kappa shape index (κ1) is 15.7. The first-order valence-corrected chi connectivity index (χ1v) is 7.08. The molecule has 1 amide bonds. The third kappa shape index (κ3) is 5.45. The number of allylic oxidation sites excluding steroid dienone is 2. The Kier molecular flexibility index (Phi) is 5.58. The molecule has 0 aromatic rings. The van der Waals surface area contributed by atoms with Crippen molar-refractivity contribution < 1.29 is 14.3 Å². The molecule has 0 unspecified atom stereocenters. The lowest BCUT2D eigenvalue weighted by Crippen LogP contribution is -2.35. The second-order valence-corrected chi connectivity index (χ2v) is 5.94. The Hall–Kier alpha value is -1.32. The summed E-state index contributed by atoms with van der Waals surface area (Å²) in [6, 6.07) is 0. The molecule has 1 N–H and O–H groups in total. The van der Waals surface area contributed by atoms with Crippen LogP contribution in [-0.4, -0.2) is 17.5 Å². The molecule has 4 heteroatoms. The number of nitrogens with one attached hydrogen (secondary N) is 1. The van der Waals surface area contributed by atoms with Crippen LogP contribution in [0.5, 0.6) is 0 Å². The van der Waals surface area contributed by atoms with Gasteiger partial charge in [-0.15, -0.1) is 0 Å². The number of hydrogen-bond acceptors (Lipinski definition) is 3. The lowest BCUT2D eigenvalue weighted by atomic mass is 9.92. The van der Waals surface area contributed by atoms with Crippen LogP contribution in [0.1, 0.15) is 66.2 Å². The van der Waals surface area contributed by atoms with E-state index in [-0.39, 0.29) is 5.78 Å². The van der Waals surface area contributed by atoms with Gasteiger partial charge in [-0.2, -0.15) is 0 Å². The highest BCUT2D eigenvalue weighted by atomic mass is 16.6. The van der Waals surface area contributed by atoms with E-state index in [2.05, 4.69) is 5.32 Å². The topological polar surface area (TPSA) is 55.4 Å². The smallest absolute Gasteiger partial charge is 0.412 e. The molecule has 108 valence electrons. The summed E-state index contributed by atoms with van der Waals surface area (Å²) < 4.78 is 5.22. The van der Waals surface area contributed by atoms with Crippen LogP contribution >= 0.6 is 0 Å². The van der Waals surface area contributed by atoms with E-state index in [1.165, 1.54) is 6.42 Å². The van der Waals surface area contributed by atoms with E-state index in [0.717, 1.165) is 31.3 Å². The van der Waals surface area contributed by atoms with Gasteiger partial charge in [0.2, 0.25) is 0 Å². The maximum Gasteiger partial charge on any atom is 0.412 e. The van der Waals surface area contributed by atoms with Crippen LogP contribution in [-0.2, 0) is 9.53 Å². The van der Waals surface area contributed by atoms with Gasteiger partial charge in [0.05, 0.1) is 5.70 Å². The molecule has 19 heavy (non-hydrogen) atoms. The Labute approximate surface area is 115 Å². The van der Waals surface area contributed by atoms with Gasteiger partial charge in [-0.25, -0.2) is 4.79 Å². The number of carbonyl (C=O) groups is 2. The van der Waals surface area contributed by atoms with Gasteiger partial charge in [0.25, 0.3) is 0 Å². The Morgan fingerprint density at radius 2 is 1.74 bits per heavy atom. The Morgan fingerprint density at radius 3 is 2.21 bits per heavy atom. The zero-order valence-electron chi connectivity index (χ0n) is 12.5. The predicted octanol–water partition coefficient (Wildman–Crippen LogP) is 3.71. The van der Waals surface area contributed by atoms with Crippen LogP contribution in [0.4, 0.5) is 4.79 Å². The first-order chi connectivity index (χ1) is 8.83. The highest BCUT2D eigenvalue weighted by Crippen LogP contribution is 2.25. The van der Waals surface area contributed by atoms with Crippen molar-refractivity contribution in [1.82, 2.24) is 5.32 Å². The molecule has 0 aliphatic heterocycles. The van der Waals surface area contributed by atoms with Gasteiger partial charge in [-0.3, -0.25) is 10.1 Å². The van der Waals surface area contributed by atoms with Crippen molar-refractivity contribution in [3.8, 4) is 0 Å². The summed E-state index contributed by atoms with van der Waals surface area (Å²) in [5.74, 6) is -0.0113. The number of alkyl carbamates (subject to hydrolysis) is 1. The molecule has 1 rings (SSSR count). The van der Waals surface area contributed by atoms with Crippen molar-refractivity contribution in [3.63, 3.8) is 0 Å². The quantitative estimate of drug-likeness (QED) is 0.793. The van der Waals surface area contributed by atoms with Crippen LogP contribution in [0.2, 0.25) is 0 Å². The van der Waals surface area contributed by atoms with E-state index in [9.17, 15) is 9.59 Å². The fraction of sp³-hybridized carbons (Fsp3) is 0.733. The number of hydrogen-bond donors (Lipinski definition) is 1. The molecule has 0 aromatic heterocycles. The van der Waals surface area contributed by atoms with Crippen LogP contribution in [0.25, 0.3) is 0 Å². The van der Waals surface area contributed by atoms with E-state index < -0.39 is 11.7 Å². The number of amides is 1. The van der Waals surface area contributed by atoms with Crippen LogP contribution in [0.15, 0.2) is 11.3 Å². The molecule has 1 aliphatic rings. The van der Waals surface area contributed by atoms with Gasteiger partial charge >= 0.3 is 6.09 Å². The highest BCUT2D eigenvalue weighted by molar-refractivity contribution is 5.98. The Morgan fingerprint density at radius 1 is 1.16 bits per heavy atom. The standard InChI is InChI=1S/C15H25NO3/c1-5-12(17)13(11-9-7-6-8-10-11)16-14(18)19-15(2,3)4/h5-10H2,1-4H3,(H,16,18). The van der Waals surface area contributed by atoms with E-state index in [1.54, 1.807) is 0 Å². The van der Waals surface area contributed by atoms with Gasteiger partial charge in [0.1, 0.15) is 5.60 Å². The highest BCUT2D eigenvalue weighted by Gasteiger charge is 2.22. The largest absolute Gasteiger partial charge is 0.444 e. The van der Waals surface area contributed by atoms with E-state index in [1.807, 2.05) is 27.7 Å².